The highest BCUT2D eigenvalue weighted by Gasteiger charge is 2.48. The highest BCUT2D eigenvalue weighted by Crippen LogP contribution is 2.44. The van der Waals surface area contributed by atoms with Crippen molar-refractivity contribution >= 4 is 55.7 Å². The van der Waals surface area contributed by atoms with Gasteiger partial charge >= 0.3 is 5.91 Å². The Bertz CT molecular complexity index is 1420. The zero-order chi connectivity index (χ0) is 23.1. The lowest BCUT2D eigenvalue weighted by Crippen LogP contribution is -2.29. The molecule has 1 amide bonds. The van der Waals surface area contributed by atoms with Crippen LogP contribution in [0, 0.1) is 0 Å². The van der Waals surface area contributed by atoms with Gasteiger partial charge in [-0.3, -0.25) is 19.5 Å². The van der Waals surface area contributed by atoms with E-state index in [0.29, 0.717) is 32.5 Å². The number of aliphatic hydroxyl groups is 1. The molecule has 1 unspecified atom stereocenters. The van der Waals surface area contributed by atoms with Gasteiger partial charge in [0, 0.05) is 23.0 Å². The summed E-state index contributed by atoms with van der Waals surface area (Å²) in [5.74, 6) is -1.18. The fraction of sp³-hybridized carbons (Fsp3) is 0.0833. The van der Waals surface area contributed by atoms with Crippen LogP contribution in [0.4, 0.5) is 5.13 Å². The number of aliphatic hydroxyl groups excluding tert-OH is 1. The number of fused-ring (bicyclic) bond motifs is 1. The zero-order valence-corrected chi connectivity index (χ0v) is 18.8. The van der Waals surface area contributed by atoms with Crippen LogP contribution in [-0.4, -0.2) is 33.9 Å². The van der Waals surface area contributed by atoms with E-state index in [9.17, 15) is 14.7 Å². The number of benzene rings is 2. The number of nitrogens with zero attached hydrogens (tertiary/aromatic N) is 3. The molecule has 3 heterocycles. The van der Waals surface area contributed by atoms with Gasteiger partial charge in [0.25, 0.3) is 5.78 Å². The van der Waals surface area contributed by atoms with Crippen LogP contribution >= 0.6 is 22.9 Å². The van der Waals surface area contributed by atoms with Crippen molar-refractivity contribution in [2.75, 3.05) is 12.0 Å². The summed E-state index contributed by atoms with van der Waals surface area (Å²) >= 11 is 7.33. The predicted molar refractivity (Wildman–Crippen MR) is 127 cm³/mol. The van der Waals surface area contributed by atoms with Gasteiger partial charge in [-0.05, 0) is 48.0 Å². The predicted octanol–water partition coefficient (Wildman–Crippen LogP) is 4.98. The third-order valence-corrected chi connectivity index (χ3v) is 6.64. The van der Waals surface area contributed by atoms with Crippen molar-refractivity contribution in [3.05, 3.63) is 88.7 Å². The van der Waals surface area contributed by atoms with Crippen LogP contribution < -0.4 is 9.64 Å². The molecule has 164 valence electrons. The van der Waals surface area contributed by atoms with Gasteiger partial charge in [0.1, 0.15) is 11.5 Å². The van der Waals surface area contributed by atoms with Crippen LogP contribution in [0.15, 0.2) is 72.6 Å². The molecule has 2 aromatic carbocycles. The van der Waals surface area contributed by atoms with Crippen molar-refractivity contribution in [2.24, 2.45) is 0 Å². The summed E-state index contributed by atoms with van der Waals surface area (Å²) in [6.45, 7) is 0. The third kappa shape index (κ3) is 3.63. The first-order valence-corrected chi connectivity index (χ1v) is 11.1. The number of halogens is 1. The van der Waals surface area contributed by atoms with Crippen molar-refractivity contribution in [3.63, 3.8) is 0 Å². The lowest BCUT2D eigenvalue weighted by molar-refractivity contribution is -0.132. The molecule has 4 aromatic rings. The number of carbonyl (C=O) groups excluding carboxylic acids is 2. The molecule has 1 N–H and O–H groups in total. The Balaban J connectivity index is 1.72. The molecule has 1 aliphatic heterocycles. The minimum Gasteiger partial charge on any atom is -0.507 e. The summed E-state index contributed by atoms with van der Waals surface area (Å²) in [6.07, 6.45) is 3.01. The normalized spacial score (nSPS) is 17.6. The van der Waals surface area contributed by atoms with Gasteiger partial charge in [0.05, 0.1) is 28.9 Å². The lowest BCUT2D eigenvalue weighted by atomic mass is 9.96. The average Bonchev–Trinajstić information content (AvgIpc) is 3.37. The van der Waals surface area contributed by atoms with E-state index in [2.05, 4.69) is 9.97 Å². The molecule has 0 aliphatic carbocycles. The topological polar surface area (TPSA) is 92.6 Å². The van der Waals surface area contributed by atoms with Crippen molar-refractivity contribution in [1.29, 1.82) is 0 Å². The van der Waals surface area contributed by atoms with Crippen molar-refractivity contribution in [2.45, 2.75) is 6.04 Å². The first kappa shape index (κ1) is 21.1. The number of amides is 1. The molecule has 0 saturated carbocycles. The molecule has 0 radical (unpaired) electrons. The lowest BCUT2D eigenvalue weighted by Gasteiger charge is -2.23. The Morgan fingerprint density at radius 1 is 1.09 bits per heavy atom. The summed E-state index contributed by atoms with van der Waals surface area (Å²) in [6, 6.07) is 14.5. The molecule has 9 heteroatoms. The van der Waals surface area contributed by atoms with Gasteiger partial charge in [0.2, 0.25) is 0 Å². The Morgan fingerprint density at radius 3 is 2.52 bits per heavy atom. The van der Waals surface area contributed by atoms with Crippen LogP contribution in [0.25, 0.3) is 16.0 Å². The second-order valence-corrected chi connectivity index (χ2v) is 8.73. The number of methoxy groups -OCH3 is 1. The first-order valence-electron chi connectivity index (χ1n) is 9.89. The number of ether oxygens (including phenoxy) is 1. The average molecular weight is 478 g/mol. The number of anilines is 1. The standard InChI is InChI=1S/C24H16ClN3O4S/c1-32-16-6-7-17-18(12-16)33-24(27-17)28-20(13-2-4-15(25)5-3-13)19(22(30)23(28)31)21(29)14-8-10-26-11-9-14/h2-12,20,29H,1H3. The number of carbonyl (C=O) groups is 2. The van der Waals surface area contributed by atoms with E-state index in [1.807, 2.05) is 6.07 Å². The molecular formula is C24H16ClN3O4S. The minimum atomic E-state index is -0.877. The van der Waals surface area contributed by atoms with Crippen LogP contribution in [-0.2, 0) is 9.59 Å². The molecule has 1 fully saturated rings. The molecule has 33 heavy (non-hydrogen) atoms. The number of rotatable bonds is 4. The van der Waals surface area contributed by atoms with Gasteiger partial charge < -0.3 is 9.84 Å². The van der Waals surface area contributed by atoms with E-state index in [1.165, 1.54) is 28.6 Å². The van der Waals surface area contributed by atoms with E-state index >= 15 is 0 Å². The molecule has 2 aromatic heterocycles. The van der Waals surface area contributed by atoms with Crippen LogP contribution in [0.1, 0.15) is 17.2 Å². The fourth-order valence-electron chi connectivity index (χ4n) is 3.78. The number of hydrogen-bond acceptors (Lipinski definition) is 7. The summed E-state index contributed by atoms with van der Waals surface area (Å²) in [7, 11) is 1.57. The molecule has 0 bridgehead atoms. The molecule has 1 saturated heterocycles. The molecule has 1 aliphatic rings. The van der Waals surface area contributed by atoms with Gasteiger partial charge in [-0.15, -0.1) is 0 Å². The van der Waals surface area contributed by atoms with Crippen molar-refractivity contribution in [3.8, 4) is 5.75 Å². The monoisotopic (exact) mass is 477 g/mol. The smallest absolute Gasteiger partial charge is 0.301 e. The maximum absolute atomic E-state index is 13.2. The second-order valence-electron chi connectivity index (χ2n) is 7.29. The van der Waals surface area contributed by atoms with E-state index in [1.54, 1.807) is 55.6 Å². The first-order chi connectivity index (χ1) is 16.0. The second kappa shape index (κ2) is 8.31. The van der Waals surface area contributed by atoms with Gasteiger partial charge in [-0.25, -0.2) is 4.98 Å². The Morgan fingerprint density at radius 2 is 1.82 bits per heavy atom. The third-order valence-electron chi connectivity index (χ3n) is 5.37. The maximum atomic E-state index is 13.2. The summed E-state index contributed by atoms with van der Waals surface area (Å²) < 4.78 is 6.08. The number of ketones is 1. The SMILES string of the molecule is COc1ccc2nc(N3C(=O)C(=O)C(=C(O)c4ccncc4)C3c3ccc(Cl)cc3)sc2c1. The van der Waals surface area contributed by atoms with E-state index in [0.717, 1.165) is 4.70 Å². The molecular weight excluding hydrogens is 462 g/mol. The quantitative estimate of drug-likeness (QED) is 0.253. The summed E-state index contributed by atoms with van der Waals surface area (Å²) in [5.41, 5.74) is 1.65. The summed E-state index contributed by atoms with van der Waals surface area (Å²) in [4.78, 5) is 36.3. The molecule has 7 nitrogen and oxygen atoms in total. The van der Waals surface area contributed by atoms with E-state index < -0.39 is 17.7 Å². The van der Waals surface area contributed by atoms with E-state index in [-0.39, 0.29) is 11.3 Å². The number of thiazole rings is 1. The Kier molecular flexibility index (Phi) is 5.32. The van der Waals surface area contributed by atoms with Gasteiger partial charge in [-0.2, -0.15) is 0 Å². The zero-order valence-electron chi connectivity index (χ0n) is 17.2. The molecule has 1 atom stereocenters. The maximum Gasteiger partial charge on any atom is 0.301 e. The number of aromatic nitrogens is 2. The number of pyridine rings is 1. The highest BCUT2D eigenvalue weighted by atomic mass is 35.5. The van der Waals surface area contributed by atoms with Crippen LogP contribution in [0.2, 0.25) is 5.02 Å². The fourth-order valence-corrected chi connectivity index (χ4v) is 4.93. The van der Waals surface area contributed by atoms with Crippen molar-refractivity contribution in [1.82, 2.24) is 9.97 Å². The van der Waals surface area contributed by atoms with E-state index in [4.69, 9.17) is 16.3 Å². The summed E-state index contributed by atoms with van der Waals surface area (Å²) in [5, 5.41) is 11.9. The van der Waals surface area contributed by atoms with Gasteiger partial charge in [0.15, 0.2) is 5.13 Å². The van der Waals surface area contributed by atoms with Crippen LogP contribution in [0.3, 0.4) is 0 Å². The largest absolute Gasteiger partial charge is 0.507 e. The highest BCUT2D eigenvalue weighted by molar-refractivity contribution is 7.22. The number of hydrogen-bond donors (Lipinski definition) is 1. The minimum absolute atomic E-state index is 0.0228. The van der Waals surface area contributed by atoms with Gasteiger partial charge in [-0.1, -0.05) is 35.1 Å². The number of Topliss-reactive ketones (excluding diaryl/α,β-unsaturated/α-hetero) is 1. The Hall–Kier alpha value is -3.75. The molecule has 0 spiro atoms. The van der Waals surface area contributed by atoms with Crippen LogP contribution in [0.5, 0.6) is 5.75 Å². The Labute approximate surface area is 197 Å². The molecule has 5 rings (SSSR count). The van der Waals surface area contributed by atoms with Crippen molar-refractivity contribution < 1.29 is 19.4 Å².